The van der Waals surface area contributed by atoms with Gasteiger partial charge in [0.05, 0.1) is 6.10 Å². The predicted octanol–water partition coefficient (Wildman–Crippen LogP) is 2.85. The first-order valence-electron chi connectivity index (χ1n) is 6.43. The quantitative estimate of drug-likeness (QED) is 0.824. The summed E-state index contributed by atoms with van der Waals surface area (Å²) in [6.07, 6.45) is 1.57. The molecule has 1 heterocycles. The lowest BCUT2D eigenvalue weighted by Crippen LogP contribution is -2.40. The van der Waals surface area contributed by atoms with E-state index in [0.29, 0.717) is 0 Å². The molecule has 2 rings (SSSR count). The number of benzene rings is 1. The van der Waals surface area contributed by atoms with Crippen LogP contribution in [0.1, 0.15) is 31.4 Å². The highest BCUT2D eigenvalue weighted by Crippen LogP contribution is 2.30. The van der Waals surface area contributed by atoms with E-state index in [1.54, 1.807) is 12.1 Å². The van der Waals surface area contributed by atoms with Gasteiger partial charge in [0.15, 0.2) is 0 Å². The second kappa shape index (κ2) is 6.04. The topological polar surface area (TPSA) is 23.5 Å². The molecule has 1 N–H and O–H groups in total. The molecule has 0 saturated carbocycles. The highest BCUT2D eigenvalue weighted by Gasteiger charge is 2.28. The van der Waals surface area contributed by atoms with Crippen molar-refractivity contribution >= 4 is 12.6 Å². The third-order valence-corrected chi connectivity index (χ3v) is 4.00. The van der Waals surface area contributed by atoms with E-state index in [9.17, 15) is 9.50 Å². The molecule has 0 spiro atoms. The summed E-state index contributed by atoms with van der Waals surface area (Å²) in [6.45, 7) is 3.94. The average molecular weight is 269 g/mol. The molecule has 1 aliphatic rings. The van der Waals surface area contributed by atoms with E-state index in [1.807, 2.05) is 0 Å². The van der Waals surface area contributed by atoms with Gasteiger partial charge in [0.25, 0.3) is 0 Å². The first-order valence-corrected chi connectivity index (χ1v) is 6.95. The molecule has 0 bridgehead atoms. The summed E-state index contributed by atoms with van der Waals surface area (Å²) in [5.41, 5.74) is 0.801. The Balaban J connectivity index is 2.04. The number of piperidine rings is 1. The molecule has 18 heavy (non-hydrogen) atoms. The van der Waals surface area contributed by atoms with Crippen LogP contribution in [0, 0.1) is 11.7 Å². The Morgan fingerprint density at radius 3 is 2.67 bits per heavy atom. The number of nitrogens with zero attached hydrogens (tertiary/aromatic N) is 1. The number of likely N-dealkylation sites (tertiary alicyclic amines) is 1. The molecule has 1 fully saturated rings. The summed E-state index contributed by atoms with van der Waals surface area (Å²) in [5, 5.41) is 10.6. The number of aliphatic hydroxyl groups excluding tert-OH is 1. The van der Waals surface area contributed by atoms with Gasteiger partial charge in [-0.05, 0) is 44.0 Å². The van der Waals surface area contributed by atoms with E-state index >= 15 is 0 Å². The zero-order chi connectivity index (χ0) is 13.1. The van der Waals surface area contributed by atoms with Crippen LogP contribution in [0.15, 0.2) is 24.3 Å². The number of rotatable bonds is 3. The number of hydrogen-bond acceptors (Lipinski definition) is 3. The summed E-state index contributed by atoms with van der Waals surface area (Å²) in [5.74, 6) is -0.0565. The Bertz CT molecular complexity index is 382. The molecular weight excluding hydrogens is 249 g/mol. The van der Waals surface area contributed by atoms with E-state index in [1.165, 1.54) is 12.1 Å². The van der Waals surface area contributed by atoms with Crippen LogP contribution in [0.2, 0.25) is 0 Å². The lowest BCUT2D eigenvalue weighted by Gasteiger charge is -2.37. The molecule has 4 heteroatoms. The van der Waals surface area contributed by atoms with Crippen molar-refractivity contribution in [3.05, 3.63) is 35.6 Å². The van der Waals surface area contributed by atoms with Crippen LogP contribution in [-0.4, -0.2) is 28.5 Å². The molecule has 0 amide bonds. The second-order valence-corrected chi connectivity index (χ2v) is 5.77. The Morgan fingerprint density at radius 1 is 1.39 bits per heavy atom. The Hall–Kier alpha value is -0.580. The van der Waals surface area contributed by atoms with Crippen molar-refractivity contribution in [3.8, 4) is 0 Å². The molecular formula is C14H20FNOS. The van der Waals surface area contributed by atoms with E-state index in [4.69, 9.17) is 0 Å². The standard InChI is InChI=1S/C14H20FNOS/c1-10(18)16-8-2-3-12(9-16)14(17)11-4-6-13(15)7-5-11/h4-7,10,12,14,17-18H,2-3,8-9H2,1H3. The fraction of sp³-hybridized carbons (Fsp3) is 0.571. The van der Waals surface area contributed by atoms with Gasteiger partial charge in [-0.15, -0.1) is 0 Å². The molecule has 3 unspecified atom stereocenters. The third-order valence-electron chi connectivity index (χ3n) is 3.68. The Morgan fingerprint density at radius 2 is 2.06 bits per heavy atom. The lowest BCUT2D eigenvalue weighted by atomic mass is 9.88. The molecule has 0 aliphatic carbocycles. The van der Waals surface area contributed by atoms with Crippen LogP contribution in [0.4, 0.5) is 4.39 Å². The molecule has 0 radical (unpaired) electrons. The monoisotopic (exact) mass is 269 g/mol. The van der Waals surface area contributed by atoms with E-state index in [-0.39, 0.29) is 17.1 Å². The van der Waals surface area contributed by atoms with Gasteiger partial charge in [-0.25, -0.2) is 4.39 Å². The van der Waals surface area contributed by atoms with Crippen molar-refractivity contribution in [2.45, 2.75) is 31.2 Å². The highest BCUT2D eigenvalue weighted by atomic mass is 32.1. The van der Waals surface area contributed by atoms with Gasteiger partial charge >= 0.3 is 0 Å². The van der Waals surface area contributed by atoms with Crippen LogP contribution in [0.5, 0.6) is 0 Å². The lowest BCUT2D eigenvalue weighted by molar-refractivity contribution is 0.0485. The van der Waals surface area contributed by atoms with Gasteiger partial charge in [-0.2, -0.15) is 12.6 Å². The first kappa shape index (κ1) is 13.8. The van der Waals surface area contributed by atoms with Gasteiger partial charge in [0.2, 0.25) is 0 Å². The first-order chi connectivity index (χ1) is 8.58. The van der Waals surface area contributed by atoms with Gasteiger partial charge < -0.3 is 5.11 Å². The normalized spacial score (nSPS) is 24.8. The minimum absolute atomic E-state index is 0.207. The molecule has 1 aromatic carbocycles. The minimum Gasteiger partial charge on any atom is -0.388 e. The van der Waals surface area contributed by atoms with E-state index in [0.717, 1.165) is 31.5 Å². The van der Waals surface area contributed by atoms with Crippen molar-refractivity contribution in [2.24, 2.45) is 5.92 Å². The third kappa shape index (κ3) is 3.25. The van der Waals surface area contributed by atoms with Crippen molar-refractivity contribution in [1.29, 1.82) is 0 Å². The zero-order valence-electron chi connectivity index (χ0n) is 10.6. The van der Waals surface area contributed by atoms with Crippen molar-refractivity contribution in [3.63, 3.8) is 0 Å². The van der Waals surface area contributed by atoms with Gasteiger partial charge in [-0.3, -0.25) is 4.90 Å². The SMILES string of the molecule is CC(S)N1CCCC(C(O)c2ccc(F)cc2)C1. The summed E-state index contributed by atoms with van der Waals surface area (Å²) in [7, 11) is 0. The van der Waals surface area contributed by atoms with Gasteiger partial charge in [0, 0.05) is 17.8 Å². The summed E-state index contributed by atoms with van der Waals surface area (Å²) in [4.78, 5) is 2.27. The van der Waals surface area contributed by atoms with Gasteiger partial charge in [0.1, 0.15) is 5.82 Å². The van der Waals surface area contributed by atoms with Crippen LogP contribution in [-0.2, 0) is 0 Å². The molecule has 1 aliphatic heterocycles. The van der Waals surface area contributed by atoms with Crippen molar-refractivity contribution < 1.29 is 9.50 Å². The van der Waals surface area contributed by atoms with Crippen LogP contribution in [0.3, 0.4) is 0 Å². The Labute approximate surface area is 113 Å². The van der Waals surface area contributed by atoms with Gasteiger partial charge in [-0.1, -0.05) is 12.1 Å². The van der Waals surface area contributed by atoms with E-state index < -0.39 is 6.10 Å². The molecule has 0 aromatic heterocycles. The summed E-state index contributed by atoms with van der Waals surface area (Å²) >= 11 is 4.45. The summed E-state index contributed by atoms with van der Waals surface area (Å²) < 4.78 is 12.9. The molecule has 3 atom stereocenters. The smallest absolute Gasteiger partial charge is 0.123 e. The van der Waals surface area contributed by atoms with Crippen molar-refractivity contribution in [1.82, 2.24) is 4.90 Å². The average Bonchev–Trinajstić information content (AvgIpc) is 2.39. The molecule has 1 saturated heterocycles. The predicted molar refractivity (Wildman–Crippen MR) is 74.1 cm³/mol. The second-order valence-electron chi connectivity index (χ2n) is 5.03. The zero-order valence-corrected chi connectivity index (χ0v) is 11.5. The molecule has 1 aromatic rings. The van der Waals surface area contributed by atoms with Crippen molar-refractivity contribution in [2.75, 3.05) is 13.1 Å². The maximum atomic E-state index is 12.9. The fourth-order valence-corrected chi connectivity index (χ4v) is 2.78. The number of halogens is 1. The number of thiol groups is 1. The summed E-state index contributed by atoms with van der Waals surface area (Å²) in [6, 6.07) is 6.15. The van der Waals surface area contributed by atoms with Crippen LogP contribution < -0.4 is 0 Å². The molecule has 2 nitrogen and oxygen atoms in total. The molecule has 100 valence electrons. The maximum Gasteiger partial charge on any atom is 0.123 e. The number of hydrogen-bond donors (Lipinski definition) is 2. The van der Waals surface area contributed by atoms with Crippen LogP contribution in [0.25, 0.3) is 0 Å². The Kier molecular flexibility index (Phi) is 4.65. The largest absolute Gasteiger partial charge is 0.388 e. The maximum absolute atomic E-state index is 12.9. The fourth-order valence-electron chi connectivity index (χ4n) is 2.57. The van der Waals surface area contributed by atoms with E-state index in [2.05, 4.69) is 24.5 Å². The van der Waals surface area contributed by atoms with Crippen LogP contribution >= 0.6 is 12.6 Å². The highest BCUT2D eigenvalue weighted by molar-refractivity contribution is 7.80. The minimum atomic E-state index is -0.513. The number of aliphatic hydroxyl groups is 1.